The number of aliphatic hydroxyl groups excluding tert-OH is 1. The van der Waals surface area contributed by atoms with Crippen molar-refractivity contribution in [3.8, 4) is 0 Å². The lowest BCUT2D eigenvalue weighted by Gasteiger charge is -2.07. The Morgan fingerprint density at radius 2 is 2.15 bits per heavy atom. The fourth-order valence-corrected chi connectivity index (χ4v) is 1.23. The standard InChI is InChI=1S/C10H11ClO2/c1-7(12)10(13)6-8-4-2-3-5-9(8)11/h2-5,10,13H,6H2,1H3. The highest BCUT2D eigenvalue weighted by Crippen LogP contribution is 2.16. The van der Waals surface area contributed by atoms with E-state index >= 15 is 0 Å². The SMILES string of the molecule is CC(=O)C(O)Cc1ccccc1Cl. The Bertz CT molecular complexity index is 310. The van der Waals surface area contributed by atoms with Gasteiger partial charge in [-0.05, 0) is 18.6 Å². The van der Waals surface area contributed by atoms with E-state index in [2.05, 4.69) is 0 Å². The zero-order valence-electron chi connectivity index (χ0n) is 7.33. The molecular formula is C10H11ClO2. The number of aliphatic hydroxyl groups is 1. The molecule has 0 amide bonds. The van der Waals surface area contributed by atoms with Crippen LogP contribution in [-0.4, -0.2) is 17.0 Å². The second kappa shape index (κ2) is 4.40. The summed E-state index contributed by atoms with van der Waals surface area (Å²) < 4.78 is 0. The molecule has 0 heterocycles. The van der Waals surface area contributed by atoms with E-state index in [1.54, 1.807) is 12.1 Å². The number of hydrogen-bond donors (Lipinski definition) is 1. The third-order valence-corrected chi connectivity index (χ3v) is 2.21. The second-order valence-corrected chi connectivity index (χ2v) is 3.33. The molecule has 1 aromatic carbocycles. The summed E-state index contributed by atoms with van der Waals surface area (Å²) in [5, 5.41) is 9.88. The predicted molar refractivity (Wildman–Crippen MR) is 51.8 cm³/mol. The number of carbonyl (C=O) groups is 1. The van der Waals surface area contributed by atoms with Crippen molar-refractivity contribution in [2.45, 2.75) is 19.4 Å². The van der Waals surface area contributed by atoms with Gasteiger partial charge in [0, 0.05) is 11.4 Å². The third-order valence-electron chi connectivity index (χ3n) is 1.84. The van der Waals surface area contributed by atoms with Crippen LogP contribution in [0.2, 0.25) is 5.02 Å². The van der Waals surface area contributed by atoms with E-state index in [0.717, 1.165) is 5.56 Å². The maximum absolute atomic E-state index is 10.8. The van der Waals surface area contributed by atoms with Crippen LogP contribution in [0.1, 0.15) is 12.5 Å². The Morgan fingerprint density at radius 3 is 2.69 bits per heavy atom. The molecule has 0 saturated carbocycles. The van der Waals surface area contributed by atoms with Crippen LogP contribution in [0, 0.1) is 0 Å². The molecule has 0 aliphatic heterocycles. The molecule has 0 fully saturated rings. The number of halogens is 1. The fraction of sp³-hybridized carbons (Fsp3) is 0.300. The monoisotopic (exact) mass is 198 g/mol. The number of benzene rings is 1. The first-order valence-electron chi connectivity index (χ1n) is 4.03. The Balaban J connectivity index is 2.74. The molecule has 70 valence electrons. The third kappa shape index (κ3) is 2.83. The summed E-state index contributed by atoms with van der Waals surface area (Å²) in [5.74, 6) is -0.236. The minimum Gasteiger partial charge on any atom is -0.385 e. The molecule has 0 aliphatic rings. The van der Waals surface area contributed by atoms with Crippen LogP contribution in [0.3, 0.4) is 0 Å². The Hall–Kier alpha value is -0.860. The largest absolute Gasteiger partial charge is 0.385 e. The van der Waals surface area contributed by atoms with Gasteiger partial charge in [0.2, 0.25) is 0 Å². The van der Waals surface area contributed by atoms with E-state index < -0.39 is 6.10 Å². The average molecular weight is 199 g/mol. The number of Topliss-reactive ketones (excluding diaryl/α,β-unsaturated/α-hetero) is 1. The van der Waals surface area contributed by atoms with Crippen LogP contribution in [-0.2, 0) is 11.2 Å². The van der Waals surface area contributed by atoms with Gasteiger partial charge < -0.3 is 5.11 Å². The number of carbonyl (C=O) groups excluding carboxylic acids is 1. The van der Waals surface area contributed by atoms with E-state index in [9.17, 15) is 9.90 Å². The normalized spacial score (nSPS) is 12.5. The average Bonchev–Trinajstić information content (AvgIpc) is 2.08. The highest BCUT2D eigenvalue weighted by atomic mass is 35.5. The van der Waals surface area contributed by atoms with Gasteiger partial charge in [-0.15, -0.1) is 0 Å². The van der Waals surface area contributed by atoms with Crippen molar-refractivity contribution in [1.29, 1.82) is 0 Å². The van der Waals surface area contributed by atoms with Gasteiger partial charge in [-0.3, -0.25) is 4.79 Å². The summed E-state index contributed by atoms with van der Waals surface area (Å²) in [7, 11) is 0. The van der Waals surface area contributed by atoms with Gasteiger partial charge >= 0.3 is 0 Å². The van der Waals surface area contributed by atoms with Crippen molar-refractivity contribution >= 4 is 17.4 Å². The molecule has 1 rings (SSSR count). The van der Waals surface area contributed by atoms with Crippen LogP contribution in [0.25, 0.3) is 0 Å². The van der Waals surface area contributed by atoms with Gasteiger partial charge in [0.1, 0.15) is 6.10 Å². The van der Waals surface area contributed by atoms with E-state index in [1.807, 2.05) is 12.1 Å². The van der Waals surface area contributed by atoms with Crippen LogP contribution in [0.5, 0.6) is 0 Å². The van der Waals surface area contributed by atoms with Crippen molar-refractivity contribution in [3.63, 3.8) is 0 Å². The molecule has 1 N–H and O–H groups in total. The quantitative estimate of drug-likeness (QED) is 0.805. The number of ketones is 1. The van der Waals surface area contributed by atoms with Crippen molar-refractivity contribution < 1.29 is 9.90 Å². The van der Waals surface area contributed by atoms with Crippen molar-refractivity contribution in [2.24, 2.45) is 0 Å². The minimum atomic E-state index is -0.945. The van der Waals surface area contributed by atoms with Gasteiger partial charge in [-0.1, -0.05) is 29.8 Å². The van der Waals surface area contributed by atoms with Gasteiger partial charge in [0.25, 0.3) is 0 Å². The molecule has 1 aromatic rings. The molecule has 0 saturated heterocycles. The molecular weight excluding hydrogens is 188 g/mol. The van der Waals surface area contributed by atoms with Gasteiger partial charge in [0.05, 0.1) is 0 Å². The highest BCUT2D eigenvalue weighted by molar-refractivity contribution is 6.31. The lowest BCUT2D eigenvalue weighted by molar-refractivity contribution is -0.124. The second-order valence-electron chi connectivity index (χ2n) is 2.92. The Labute approximate surface area is 82.2 Å². The van der Waals surface area contributed by atoms with Crippen LogP contribution in [0.15, 0.2) is 24.3 Å². The number of hydrogen-bond acceptors (Lipinski definition) is 2. The topological polar surface area (TPSA) is 37.3 Å². The molecule has 0 bridgehead atoms. The summed E-state index contributed by atoms with van der Waals surface area (Å²) in [6, 6.07) is 7.18. The molecule has 3 heteroatoms. The van der Waals surface area contributed by atoms with Crippen LogP contribution in [0.4, 0.5) is 0 Å². The molecule has 0 aliphatic carbocycles. The maximum Gasteiger partial charge on any atom is 0.158 e. The maximum atomic E-state index is 10.8. The lowest BCUT2D eigenvalue weighted by atomic mass is 10.1. The summed E-state index contributed by atoms with van der Waals surface area (Å²) in [6.07, 6.45) is -0.658. The Kier molecular flexibility index (Phi) is 3.46. The van der Waals surface area contributed by atoms with E-state index in [-0.39, 0.29) is 12.2 Å². The van der Waals surface area contributed by atoms with Crippen molar-refractivity contribution in [2.75, 3.05) is 0 Å². The smallest absolute Gasteiger partial charge is 0.158 e. The first-order valence-corrected chi connectivity index (χ1v) is 4.41. The molecule has 1 atom stereocenters. The summed E-state index contributed by atoms with van der Waals surface area (Å²) in [6.45, 7) is 1.36. The van der Waals surface area contributed by atoms with Crippen LogP contribution >= 0.6 is 11.6 Å². The van der Waals surface area contributed by atoms with Crippen LogP contribution < -0.4 is 0 Å². The van der Waals surface area contributed by atoms with Crippen molar-refractivity contribution in [3.05, 3.63) is 34.9 Å². The predicted octanol–water partition coefficient (Wildman–Crippen LogP) is 1.83. The van der Waals surface area contributed by atoms with Gasteiger partial charge in [-0.25, -0.2) is 0 Å². The number of rotatable bonds is 3. The zero-order chi connectivity index (χ0) is 9.84. The summed E-state index contributed by atoms with van der Waals surface area (Å²) >= 11 is 5.85. The highest BCUT2D eigenvalue weighted by Gasteiger charge is 2.11. The molecule has 0 radical (unpaired) electrons. The fourth-order valence-electron chi connectivity index (χ4n) is 1.02. The van der Waals surface area contributed by atoms with E-state index in [1.165, 1.54) is 6.92 Å². The van der Waals surface area contributed by atoms with E-state index in [0.29, 0.717) is 5.02 Å². The molecule has 1 unspecified atom stereocenters. The first-order chi connectivity index (χ1) is 6.11. The summed E-state index contributed by atoms with van der Waals surface area (Å²) in [5.41, 5.74) is 0.798. The summed E-state index contributed by atoms with van der Waals surface area (Å²) in [4.78, 5) is 10.8. The first kappa shape index (κ1) is 10.2. The van der Waals surface area contributed by atoms with Gasteiger partial charge in [0.15, 0.2) is 5.78 Å². The minimum absolute atomic E-state index is 0.236. The van der Waals surface area contributed by atoms with Crippen molar-refractivity contribution in [1.82, 2.24) is 0 Å². The Morgan fingerprint density at radius 1 is 1.54 bits per heavy atom. The molecule has 0 aromatic heterocycles. The lowest BCUT2D eigenvalue weighted by Crippen LogP contribution is -2.19. The van der Waals surface area contributed by atoms with Gasteiger partial charge in [-0.2, -0.15) is 0 Å². The molecule has 0 spiro atoms. The van der Waals surface area contributed by atoms with E-state index in [4.69, 9.17) is 11.6 Å². The molecule has 2 nitrogen and oxygen atoms in total. The zero-order valence-corrected chi connectivity index (χ0v) is 8.08. The molecule has 13 heavy (non-hydrogen) atoms.